The molecule has 0 N–H and O–H groups in total. The number of hydrogen-bond acceptors (Lipinski definition) is 2. The van der Waals surface area contributed by atoms with Crippen LogP contribution in [-0.2, 0) is 17.5 Å². The molecule has 0 saturated carbocycles. The van der Waals surface area contributed by atoms with Crippen LogP contribution in [0.15, 0.2) is 36.4 Å². The van der Waals surface area contributed by atoms with E-state index in [-0.39, 0.29) is 11.7 Å². The molecule has 2 aromatic carbocycles. The second-order valence-corrected chi connectivity index (χ2v) is 6.96. The summed E-state index contributed by atoms with van der Waals surface area (Å²) in [5.74, 6) is 0.127. The summed E-state index contributed by atoms with van der Waals surface area (Å²) in [5, 5.41) is 4.87. The number of fused-ring (bicyclic) bond motifs is 4. The first-order valence-electron chi connectivity index (χ1n) is 7.73. The first-order chi connectivity index (χ1) is 10.7. The summed E-state index contributed by atoms with van der Waals surface area (Å²) in [6.45, 7) is 0. The zero-order chi connectivity index (χ0) is 15.1. The quantitative estimate of drug-likeness (QED) is 0.794. The van der Waals surface area contributed by atoms with Crippen LogP contribution in [0.2, 0.25) is 0 Å². The van der Waals surface area contributed by atoms with Crippen LogP contribution in [0.4, 0.5) is 0 Å². The molecule has 0 aliphatic heterocycles. The van der Waals surface area contributed by atoms with E-state index in [2.05, 4.69) is 36.4 Å². The molecule has 4 rings (SSSR count). The molecule has 112 valence electrons. The third-order valence-corrected chi connectivity index (χ3v) is 5.34. The molecule has 0 bridgehead atoms. The molecule has 2 aliphatic rings. The van der Waals surface area contributed by atoms with E-state index in [4.69, 9.17) is 0 Å². The van der Waals surface area contributed by atoms with E-state index >= 15 is 0 Å². The Balaban J connectivity index is 2.14. The van der Waals surface area contributed by atoms with Gasteiger partial charge in [-0.2, -0.15) is 0 Å². The fourth-order valence-corrected chi connectivity index (χ4v) is 4.37. The minimum Gasteiger partial charge on any atom is -0.772 e. The van der Waals surface area contributed by atoms with Crippen molar-refractivity contribution in [3.63, 3.8) is 0 Å². The largest absolute Gasteiger partial charge is 0.772 e. The number of rotatable bonds is 2. The summed E-state index contributed by atoms with van der Waals surface area (Å²) in [7, 11) is 0. The van der Waals surface area contributed by atoms with Crippen LogP contribution in [0.5, 0.6) is 0 Å². The van der Waals surface area contributed by atoms with Gasteiger partial charge in [-0.3, -0.25) is 4.21 Å². The Kier molecular flexibility index (Phi) is 3.47. The maximum Gasteiger partial charge on any atom is 0.0206 e. The Hall–Kier alpha value is -1.71. The highest BCUT2D eigenvalue weighted by Crippen LogP contribution is 2.27. The molecule has 2 aromatic rings. The highest BCUT2D eigenvalue weighted by atomic mass is 32.2. The molecule has 0 heterocycles. The van der Waals surface area contributed by atoms with Crippen LogP contribution in [-0.4, -0.2) is 14.5 Å². The monoisotopic (exact) mass is 309 g/mol. The second kappa shape index (κ2) is 5.49. The summed E-state index contributed by atoms with van der Waals surface area (Å²) < 4.78 is 22.7. The van der Waals surface area contributed by atoms with Crippen molar-refractivity contribution in [2.75, 3.05) is 5.75 Å². The molecule has 0 amide bonds. The zero-order valence-electron chi connectivity index (χ0n) is 12.2. The second-order valence-electron chi connectivity index (χ2n) is 6.02. The van der Waals surface area contributed by atoms with E-state index in [1.807, 2.05) is 12.1 Å². The topological polar surface area (TPSA) is 40.1 Å². The van der Waals surface area contributed by atoms with E-state index in [0.29, 0.717) is 0 Å². The summed E-state index contributed by atoms with van der Waals surface area (Å²) in [6.07, 6.45) is 7.72. The third-order valence-electron chi connectivity index (χ3n) is 4.71. The van der Waals surface area contributed by atoms with Gasteiger partial charge in [0.25, 0.3) is 0 Å². The maximum atomic E-state index is 11.3. The van der Waals surface area contributed by atoms with Gasteiger partial charge in [0.1, 0.15) is 0 Å². The lowest BCUT2D eigenvalue weighted by atomic mass is 9.84. The van der Waals surface area contributed by atoms with Crippen molar-refractivity contribution in [2.45, 2.75) is 25.2 Å². The SMILES string of the molecule is O=S([O-])CC1C=c2ccccc2=c2ccc3c(c21)CCCC=3. The smallest absolute Gasteiger partial charge is 0.0206 e. The lowest BCUT2D eigenvalue weighted by Gasteiger charge is -2.24. The lowest BCUT2D eigenvalue weighted by Crippen LogP contribution is -2.24. The van der Waals surface area contributed by atoms with E-state index < -0.39 is 11.1 Å². The molecule has 2 unspecified atom stereocenters. The minimum absolute atomic E-state index is 0.0373. The van der Waals surface area contributed by atoms with Gasteiger partial charge in [-0.1, -0.05) is 59.6 Å². The molecule has 3 heteroatoms. The molecule has 2 atom stereocenters. The number of hydrogen-bond donors (Lipinski definition) is 0. The van der Waals surface area contributed by atoms with Crippen LogP contribution in [0.3, 0.4) is 0 Å². The summed E-state index contributed by atoms with van der Waals surface area (Å²) in [4.78, 5) is 0. The van der Waals surface area contributed by atoms with E-state index in [1.54, 1.807) is 0 Å². The molecule has 22 heavy (non-hydrogen) atoms. The van der Waals surface area contributed by atoms with Crippen molar-refractivity contribution in [2.24, 2.45) is 0 Å². The molecule has 0 fully saturated rings. The van der Waals surface area contributed by atoms with Gasteiger partial charge < -0.3 is 4.55 Å². The van der Waals surface area contributed by atoms with Crippen LogP contribution in [0.1, 0.15) is 29.9 Å². The Morgan fingerprint density at radius 2 is 1.95 bits per heavy atom. The summed E-state index contributed by atoms with van der Waals surface area (Å²) in [5.41, 5.74) is 2.58. The highest BCUT2D eigenvalue weighted by molar-refractivity contribution is 7.79. The molecular formula is C19H17O2S-. The Morgan fingerprint density at radius 1 is 1.09 bits per heavy atom. The van der Waals surface area contributed by atoms with Crippen molar-refractivity contribution < 1.29 is 8.76 Å². The van der Waals surface area contributed by atoms with Gasteiger partial charge in [-0.05, 0) is 51.3 Å². The molecule has 0 radical (unpaired) electrons. The fourth-order valence-electron chi connectivity index (χ4n) is 3.81. The van der Waals surface area contributed by atoms with Gasteiger partial charge >= 0.3 is 0 Å². The third kappa shape index (κ3) is 2.25. The standard InChI is InChI=1S/C19H18O2S/c20-22(21)12-15-11-14-6-2-3-7-16(14)18-10-9-13-5-1-4-8-17(13)19(15)18/h2-3,5-7,9-11,15H,1,4,8,12H2,(H,20,21)/p-1. The van der Waals surface area contributed by atoms with E-state index in [9.17, 15) is 8.76 Å². The molecule has 2 aliphatic carbocycles. The molecular weight excluding hydrogens is 292 g/mol. The van der Waals surface area contributed by atoms with Crippen molar-refractivity contribution in [3.8, 4) is 0 Å². The van der Waals surface area contributed by atoms with E-state index in [0.717, 1.165) is 24.5 Å². The predicted molar refractivity (Wildman–Crippen MR) is 88.2 cm³/mol. The van der Waals surface area contributed by atoms with Crippen molar-refractivity contribution in [3.05, 3.63) is 68.4 Å². The van der Waals surface area contributed by atoms with Crippen molar-refractivity contribution >= 4 is 23.2 Å². The van der Waals surface area contributed by atoms with Crippen LogP contribution in [0.25, 0.3) is 12.2 Å². The highest BCUT2D eigenvalue weighted by Gasteiger charge is 2.19. The first kappa shape index (κ1) is 13.9. The molecule has 2 nitrogen and oxygen atoms in total. The van der Waals surface area contributed by atoms with Gasteiger partial charge in [0.05, 0.1) is 0 Å². The fraction of sp³-hybridized carbons (Fsp3) is 0.263. The summed E-state index contributed by atoms with van der Waals surface area (Å²) >= 11 is -2.04. The molecule has 0 aromatic heterocycles. The zero-order valence-corrected chi connectivity index (χ0v) is 13.1. The van der Waals surface area contributed by atoms with Gasteiger partial charge in [0, 0.05) is 11.7 Å². The average Bonchev–Trinajstić information content (AvgIpc) is 2.54. The average molecular weight is 309 g/mol. The van der Waals surface area contributed by atoms with Crippen molar-refractivity contribution in [1.29, 1.82) is 0 Å². The maximum absolute atomic E-state index is 11.3. The number of benzene rings is 2. The van der Waals surface area contributed by atoms with Crippen LogP contribution < -0.4 is 10.4 Å². The van der Waals surface area contributed by atoms with Gasteiger partial charge in [-0.25, -0.2) is 0 Å². The van der Waals surface area contributed by atoms with Gasteiger partial charge in [0.15, 0.2) is 0 Å². The Bertz CT molecular complexity index is 975. The minimum atomic E-state index is -2.04. The van der Waals surface area contributed by atoms with Crippen LogP contribution in [0, 0.1) is 10.4 Å². The van der Waals surface area contributed by atoms with Gasteiger partial charge in [0.2, 0.25) is 0 Å². The first-order valence-corrected chi connectivity index (χ1v) is 8.97. The molecule has 0 saturated heterocycles. The summed E-state index contributed by atoms with van der Waals surface area (Å²) in [6, 6.07) is 12.6. The Labute approximate surface area is 131 Å². The van der Waals surface area contributed by atoms with Crippen molar-refractivity contribution in [1.82, 2.24) is 0 Å². The predicted octanol–water partition coefficient (Wildman–Crippen LogP) is 1.85. The lowest BCUT2D eigenvalue weighted by molar-refractivity contribution is 0.535. The van der Waals surface area contributed by atoms with Crippen LogP contribution >= 0.6 is 0 Å². The Morgan fingerprint density at radius 3 is 2.82 bits per heavy atom. The van der Waals surface area contributed by atoms with E-state index in [1.165, 1.54) is 26.8 Å². The normalized spacial score (nSPS) is 20.0. The molecule has 0 spiro atoms. The van der Waals surface area contributed by atoms with Gasteiger partial charge in [-0.15, -0.1) is 0 Å².